The van der Waals surface area contributed by atoms with Crippen LogP contribution in [0.5, 0.6) is 0 Å². The number of nitrogens with one attached hydrogen (secondary N) is 1. The summed E-state index contributed by atoms with van der Waals surface area (Å²) in [7, 11) is 0. The van der Waals surface area contributed by atoms with E-state index in [9.17, 15) is 4.79 Å². The molecule has 2 fully saturated rings. The summed E-state index contributed by atoms with van der Waals surface area (Å²) in [4.78, 5) is 17.2. The van der Waals surface area contributed by atoms with Crippen LogP contribution in [0, 0.1) is 6.92 Å². The van der Waals surface area contributed by atoms with E-state index in [-0.39, 0.29) is 11.9 Å². The highest BCUT2D eigenvalue weighted by Gasteiger charge is 2.28. The first-order valence-electron chi connectivity index (χ1n) is 11.0. The number of nitrogens with zero attached hydrogens (tertiary/aromatic N) is 3. The molecule has 1 aliphatic carbocycles. The van der Waals surface area contributed by atoms with Crippen molar-refractivity contribution in [2.45, 2.75) is 44.7 Å². The molecule has 8 heteroatoms. The van der Waals surface area contributed by atoms with E-state index in [0.717, 1.165) is 78.5 Å². The third-order valence-corrected chi connectivity index (χ3v) is 7.87. The van der Waals surface area contributed by atoms with E-state index in [1.165, 1.54) is 11.3 Å². The van der Waals surface area contributed by atoms with E-state index in [0.29, 0.717) is 11.1 Å². The Kier molecular flexibility index (Phi) is 6.01. The number of benzene rings is 1. The van der Waals surface area contributed by atoms with Crippen molar-refractivity contribution in [1.29, 1.82) is 0 Å². The van der Waals surface area contributed by atoms with Gasteiger partial charge in [-0.3, -0.25) is 9.69 Å². The predicted octanol–water partition coefficient (Wildman–Crippen LogP) is 4.42. The topological polar surface area (TPSA) is 59.4 Å². The molecule has 3 heterocycles. The van der Waals surface area contributed by atoms with Gasteiger partial charge >= 0.3 is 0 Å². The molecule has 164 valence electrons. The molecule has 0 radical (unpaired) electrons. The quantitative estimate of drug-likeness (QED) is 0.628. The number of morpholine rings is 1. The number of rotatable bonds is 4. The molecule has 0 atom stereocenters. The minimum atomic E-state index is 0.0149. The summed E-state index contributed by atoms with van der Waals surface area (Å²) >= 11 is 7.86. The zero-order chi connectivity index (χ0) is 21.4. The van der Waals surface area contributed by atoms with Gasteiger partial charge in [-0.05, 0) is 50.8 Å². The van der Waals surface area contributed by atoms with Crippen LogP contribution in [-0.2, 0) is 4.74 Å². The Morgan fingerprint density at radius 3 is 2.68 bits per heavy atom. The molecule has 6 nitrogen and oxygen atoms in total. The SMILES string of the molecule is Cc1nn(-c2ccccc2Cl)c2sc(C(=O)NC3CCC(N4CCOCC4)CC3)cc12. The first kappa shape index (κ1) is 20.9. The second kappa shape index (κ2) is 8.90. The van der Waals surface area contributed by atoms with E-state index in [1.807, 2.05) is 41.9 Å². The minimum Gasteiger partial charge on any atom is -0.379 e. The average Bonchev–Trinajstić information content (AvgIpc) is 3.36. The Balaban J connectivity index is 1.28. The van der Waals surface area contributed by atoms with Gasteiger partial charge in [0.05, 0.1) is 34.5 Å². The molecule has 1 amide bonds. The molecular weight excluding hydrogens is 432 g/mol. The number of aryl methyl sites for hydroxylation is 1. The van der Waals surface area contributed by atoms with E-state index in [4.69, 9.17) is 16.3 Å². The van der Waals surface area contributed by atoms with Crippen molar-refractivity contribution in [3.63, 3.8) is 0 Å². The van der Waals surface area contributed by atoms with Crippen LogP contribution in [0.2, 0.25) is 5.02 Å². The number of carbonyl (C=O) groups is 1. The van der Waals surface area contributed by atoms with E-state index >= 15 is 0 Å². The fraction of sp³-hybridized carbons (Fsp3) is 0.478. The Morgan fingerprint density at radius 1 is 1.19 bits per heavy atom. The van der Waals surface area contributed by atoms with Crippen molar-refractivity contribution in [2.75, 3.05) is 26.3 Å². The van der Waals surface area contributed by atoms with Gasteiger partial charge in [0, 0.05) is 30.6 Å². The van der Waals surface area contributed by atoms with Gasteiger partial charge < -0.3 is 10.1 Å². The maximum Gasteiger partial charge on any atom is 0.261 e. The molecular formula is C23H27ClN4O2S. The summed E-state index contributed by atoms with van der Waals surface area (Å²) in [5.41, 5.74) is 1.73. The van der Waals surface area contributed by atoms with Crippen LogP contribution in [0.3, 0.4) is 0 Å². The first-order valence-corrected chi connectivity index (χ1v) is 12.2. The lowest BCUT2D eigenvalue weighted by Gasteiger charge is -2.38. The number of ether oxygens (including phenoxy) is 1. The van der Waals surface area contributed by atoms with Gasteiger partial charge in [-0.15, -0.1) is 11.3 Å². The van der Waals surface area contributed by atoms with Crippen LogP contribution in [-0.4, -0.2) is 59.0 Å². The van der Waals surface area contributed by atoms with Gasteiger partial charge in [0.15, 0.2) is 0 Å². The molecule has 1 N–H and O–H groups in total. The van der Waals surface area contributed by atoms with Crippen LogP contribution in [0.25, 0.3) is 15.9 Å². The van der Waals surface area contributed by atoms with Crippen molar-refractivity contribution in [3.8, 4) is 5.69 Å². The van der Waals surface area contributed by atoms with E-state index in [2.05, 4.69) is 15.3 Å². The average molecular weight is 459 g/mol. The number of hydrogen-bond acceptors (Lipinski definition) is 5. The molecule has 3 aromatic rings. The molecule has 0 unspecified atom stereocenters. The fourth-order valence-electron chi connectivity index (χ4n) is 4.73. The van der Waals surface area contributed by atoms with Crippen LogP contribution in [0.1, 0.15) is 41.0 Å². The Hall–Kier alpha value is -1.93. The van der Waals surface area contributed by atoms with Gasteiger partial charge in [0.1, 0.15) is 4.83 Å². The van der Waals surface area contributed by atoms with Crippen molar-refractivity contribution in [3.05, 3.63) is 45.9 Å². The Morgan fingerprint density at radius 2 is 1.94 bits per heavy atom. The summed E-state index contributed by atoms with van der Waals surface area (Å²) in [6, 6.07) is 10.5. The highest BCUT2D eigenvalue weighted by molar-refractivity contribution is 7.20. The smallest absolute Gasteiger partial charge is 0.261 e. The van der Waals surface area contributed by atoms with Crippen LogP contribution < -0.4 is 5.32 Å². The minimum absolute atomic E-state index is 0.0149. The molecule has 1 saturated carbocycles. The molecule has 0 bridgehead atoms. The van der Waals surface area contributed by atoms with Crippen molar-refractivity contribution >= 4 is 39.1 Å². The second-order valence-corrected chi connectivity index (χ2v) is 9.84. The van der Waals surface area contributed by atoms with Crippen molar-refractivity contribution < 1.29 is 9.53 Å². The van der Waals surface area contributed by atoms with Crippen LogP contribution in [0.4, 0.5) is 0 Å². The number of amides is 1. The summed E-state index contributed by atoms with van der Waals surface area (Å²) in [5.74, 6) is 0.0149. The first-order chi connectivity index (χ1) is 15.1. The summed E-state index contributed by atoms with van der Waals surface area (Å²) in [5, 5.41) is 9.57. The number of aromatic nitrogens is 2. The van der Waals surface area contributed by atoms with Gasteiger partial charge in [0.25, 0.3) is 5.91 Å². The largest absolute Gasteiger partial charge is 0.379 e. The van der Waals surface area contributed by atoms with E-state index in [1.54, 1.807) is 0 Å². The van der Waals surface area contributed by atoms with Gasteiger partial charge in [0.2, 0.25) is 0 Å². The predicted molar refractivity (Wildman–Crippen MR) is 125 cm³/mol. The molecule has 2 aromatic heterocycles. The standard InChI is InChI=1S/C23H27ClN4O2S/c1-15-18-14-21(31-23(18)28(26-15)20-5-3-2-4-19(20)24)22(29)25-16-6-8-17(9-7-16)27-10-12-30-13-11-27/h2-5,14,16-17H,6-13H2,1H3,(H,25,29). The van der Waals surface area contributed by atoms with Gasteiger partial charge in [-0.1, -0.05) is 23.7 Å². The molecule has 1 aromatic carbocycles. The molecule has 2 aliphatic rings. The highest BCUT2D eigenvalue weighted by atomic mass is 35.5. The fourth-order valence-corrected chi connectivity index (χ4v) is 6.03. The number of halogens is 1. The zero-order valence-electron chi connectivity index (χ0n) is 17.6. The molecule has 31 heavy (non-hydrogen) atoms. The highest BCUT2D eigenvalue weighted by Crippen LogP contribution is 2.33. The normalized spacial score (nSPS) is 22.6. The monoisotopic (exact) mass is 458 g/mol. The van der Waals surface area contributed by atoms with Gasteiger partial charge in [-0.2, -0.15) is 5.10 Å². The number of carbonyl (C=O) groups excluding carboxylic acids is 1. The van der Waals surface area contributed by atoms with Crippen LogP contribution in [0.15, 0.2) is 30.3 Å². The Bertz CT molecular complexity index is 1080. The molecule has 5 rings (SSSR count). The summed E-state index contributed by atoms with van der Waals surface area (Å²) < 4.78 is 7.32. The van der Waals surface area contributed by atoms with Crippen molar-refractivity contribution in [1.82, 2.24) is 20.0 Å². The Labute approximate surface area is 191 Å². The number of hydrogen-bond donors (Lipinski definition) is 1. The third-order valence-electron chi connectivity index (χ3n) is 6.44. The molecule has 1 saturated heterocycles. The lowest BCUT2D eigenvalue weighted by molar-refractivity contribution is 0.00665. The summed E-state index contributed by atoms with van der Waals surface area (Å²) in [6.45, 7) is 5.72. The number of thiophene rings is 1. The van der Waals surface area contributed by atoms with E-state index < -0.39 is 0 Å². The maximum absolute atomic E-state index is 13.0. The lowest BCUT2D eigenvalue weighted by atomic mass is 9.90. The molecule has 1 aliphatic heterocycles. The second-order valence-electron chi connectivity index (χ2n) is 8.41. The maximum atomic E-state index is 13.0. The third kappa shape index (κ3) is 4.24. The van der Waals surface area contributed by atoms with Gasteiger partial charge in [-0.25, -0.2) is 4.68 Å². The van der Waals surface area contributed by atoms with Crippen molar-refractivity contribution in [2.24, 2.45) is 0 Å². The lowest BCUT2D eigenvalue weighted by Crippen LogP contribution is -2.47. The molecule has 0 spiro atoms. The zero-order valence-corrected chi connectivity index (χ0v) is 19.2. The number of fused-ring (bicyclic) bond motifs is 1. The van der Waals surface area contributed by atoms with Crippen LogP contribution >= 0.6 is 22.9 Å². The number of para-hydroxylation sites is 1. The summed E-state index contributed by atoms with van der Waals surface area (Å²) in [6.07, 6.45) is 4.34.